The maximum atomic E-state index is 12.6. The quantitative estimate of drug-likeness (QED) is 0.561. The molecule has 0 spiro atoms. The first kappa shape index (κ1) is 18.9. The van der Waals surface area contributed by atoms with Crippen LogP contribution in [0.3, 0.4) is 0 Å². The molecule has 3 nitrogen and oxygen atoms in total. The number of carbonyl (C=O) groups excluding carboxylic acids is 1. The third kappa shape index (κ3) is 5.04. The summed E-state index contributed by atoms with van der Waals surface area (Å²) >= 11 is 0. The molecule has 25 heavy (non-hydrogen) atoms. The lowest BCUT2D eigenvalue weighted by atomic mass is 9.90. The van der Waals surface area contributed by atoms with E-state index in [1.165, 1.54) is 0 Å². The van der Waals surface area contributed by atoms with E-state index in [1.54, 1.807) is 0 Å². The molecule has 1 atom stereocenters. The summed E-state index contributed by atoms with van der Waals surface area (Å²) in [6.07, 6.45) is 10.4. The van der Waals surface area contributed by atoms with E-state index >= 15 is 0 Å². The van der Waals surface area contributed by atoms with Crippen LogP contribution in [-0.2, 0) is 0 Å². The van der Waals surface area contributed by atoms with Gasteiger partial charge in [-0.05, 0) is 37.1 Å². The van der Waals surface area contributed by atoms with Crippen LogP contribution in [0.5, 0.6) is 0 Å². The van der Waals surface area contributed by atoms with Gasteiger partial charge in [0.05, 0.1) is 6.17 Å². The molecule has 1 aliphatic rings. The number of Topliss-reactive ketones (excluding diaryl/α,β-unsaturated/α-hetero) is 1. The molecule has 0 saturated heterocycles. The number of allylic oxidation sites excluding steroid dienone is 6. The van der Waals surface area contributed by atoms with Gasteiger partial charge < -0.3 is 5.32 Å². The molecule has 132 valence electrons. The zero-order valence-corrected chi connectivity index (χ0v) is 15.3. The highest BCUT2D eigenvalue weighted by Gasteiger charge is 2.18. The third-order valence-corrected chi connectivity index (χ3v) is 4.25. The zero-order chi connectivity index (χ0) is 18.2. The van der Waals surface area contributed by atoms with Crippen molar-refractivity contribution in [2.24, 2.45) is 0 Å². The van der Waals surface area contributed by atoms with Gasteiger partial charge in [0, 0.05) is 23.2 Å². The van der Waals surface area contributed by atoms with Gasteiger partial charge in [0.1, 0.15) is 0 Å². The standard InChI is InChI=1S/C22H28N2O/c1-5-6-15-23-18(4)24-20-13-10-12-19-21(25)14-9-7-8-11-16(2)17(3)22(19)20/h7-13,18,23-24H,2-3,5-6,14-15H2,1,4H3/b9-7-,11-8-. The van der Waals surface area contributed by atoms with E-state index in [1.807, 2.05) is 42.5 Å². The maximum absolute atomic E-state index is 12.6. The molecular weight excluding hydrogens is 308 g/mol. The Morgan fingerprint density at radius 3 is 2.80 bits per heavy atom. The molecule has 1 aliphatic carbocycles. The van der Waals surface area contributed by atoms with Crippen LogP contribution in [0.15, 0.2) is 61.2 Å². The number of unbranched alkanes of at least 4 members (excludes halogenated alkanes) is 1. The molecular formula is C22H28N2O. The summed E-state index contributed by atoms with van der Waals surface area (Å²) in [5.74, 6) is 0.0887. The maximum Gasteiger partial charge on any atom is 0.167 e. The van der Waals surface area contributed by atoms with Gasteiger partial charge in [-0.15, -0.1) is 0 Å². The highest BCUT2D eigenvalue weighted by atomic mass is 16.1. The van der Waals surface area contributed by atoms with E-state index in [4.69, 9.17) is 0 Å². The van der Waals surface area contributed by atoms with Crippen LogP contribution in [0.2, 0.25) is 0 Å². The largest absolute Gasteiger partial charge is 0.370 e. The molecule has 1 aromatic rings. The fourth-order valence-electron chi connectivity index (χ4n) is 2.81. The predicted octanol–water partition coefficient (Wildman–Crippen LogP) is 5.10. The van der Waals surface area contributed by atoms with E-state index < -0.39 is 0 Å². The van der Waals surface area contributed by atoms with Crippen LogP contribution in [0.25, 0.3) is 5.57 Å². The monoisotopic (exact) mass is 336 g/mol. The summed E-state index contributed by atoms with van der Waals surface area (Å²) in [7, 11) is 0. The Bertz CT molecular complexity index is 713. The highest BCUT2D eigenvalue weighted by molar-refractivity contribution is 6.05. The Kier molecular flexibility index (Phi) is 6.96. The zero-order valence-electron chi connectivity index (χ0n) is 15.3. The Morgan fingerprint density at radius 2 is 2.04 bits per heavy atom. The third-order valence-electron chi connectivity index (χ3n) is 4.25. The van der Waals surface area contributed by atoms with E-state index in [9.17, 15) is 4.79 Å². The van der Waals surface area contributed by atoms with E-state index in [0.717, 1.165) is 41.8 Å². The number of benzene rings is 1. The van der Waals surface area contributed by atoms with Crippen LogP contribution in [-0.4, -0.2) is 18.5 Å². The van der Waals surface area contributed by atoms with Crippen LogP contribution in [0.1, 0.15) is 49.0 Å². The van der Waals surface area contributed by atoms with Crippen molar-refractivity contribution in [2.75, 3.05) is 11.9 Å². The number of fused-ring (bicyclic) bond motifs is 1. The summed E-state index contributed by atoms with van der Waals surface area (Å²) in [4.78, 5) is 12.6. The van der Waals surface area contributed by atoms with Crippen molar-refractivity contribution in [1.29, 1.82) is 0 Å². The lowest BCUT2D eigenvalue weighted by Crippen LogP contribution is -2.34. The molecule has 0 bridgehead atoms. The normalized spacial score (nSPS) is 18.4. The van der Waals surface area contributed by atoms with Crippen LogP contribution in [0, 0.1) is 0 Å². The Labute approximate surface area is 151 Å². The summed E-state index contributed by atoms with van der Waals surface area (Å²) < 4.78 is 0. The number of ketones is 1. The van der Waals surface area contributed by atoms with Crippen molar-refractivity contribution in [1.82, 2.24) is 5.32 Å². The molecule has 2 rings (SSSR count). The van der Waals surface area contributed by atoms with Crippen molar-refractivity contribution in [3.63, 3.8) is 0 Å². The lowest BCUT2D eigenvalue weighted by molar-refractivity contribution is 0.0995. The van der Waals surface area contributed by atoms with Gasteiger partial charge in [-0.1, -0.05) is 62.9 Å². The van der Waals surface area contributed by atoms with Crippen molar-refractivity contribution < 1.29 is 4.79 Å². The van der Waals surface area contributed by atoms with E-state index in [0.29, 0.717) is 12.0 Å². The second kappa shape index (κ2) is 9.19. The fraction of sp³-hybridized carbons (Fsp3) is 0.318. The fourth-order valence-corrected chi connectivity index (χ4v) is 2.81. The van der Waals surface area contributed by atoms with E-state index in [2.05, 4.69) is 37.6 Å². The van der Waals surface area contributed by atoms with Gasteiger partial charge in [0.2, 0.25) is 0 Å². The van der Waals surface area contributed by atoms with Crippen LogP contribution in [0.4, 0.5) is 5.69 Å². The number of carbonyl (C=O) groups is 1. The second-order valence-corrected chi connectivity index (χ2v) is 6.32. The Balaban J connectivity index is 2.37. The average Bonchev–Trinajstić information content (AvgIpc) is 2.60. The number of nitrogens with one attached hydrogen (secondary N) is 2. The second-order valence-electron chi connectivity index (χ2n) is 6.32. The summed E-state index contributed by atoms with van der Waals surface area (Å²) in [6.45, 7) is 13.5. The molecule has 0 aliphatic heterocycles. The van der Waals surface area contributed by atoms with Gasteiger partial charge in [-0.2, -0.15) is 0 Å². The molecule has 3 heteroatoms. The summed E-state index contributed by atoms with van der Waals surface area (Å²) in [6, 6.07) is 5.78. The topological polar surface area (TPSA) is 41.1 Å². The molecule has 0 saturated carbocycles. The Hall–Kier alpha value is -2.39. The van der Waals surface area contributed by atoms with E-state index in [-0.39, 0.29) is 11.9 Å². The van der Waals surface area contributed by atoms with Gasteiger partial charge in [0.15, 0.2) is 5.78 Å². The van der Waals surface area contributed by atoms with Gasteiger partial charge >= 0.3 is 0 Å². The molecule has 0 aromatic heterocycles. The molecule has 1 unspecified atom stereocenters. The number of hydrogen-bond acceptors (Lipinski definition) is 3. The molecule has 2 N–H and O–H groups in total. The predicted molar refractivity (Wildman–Crippen MR) is 108 cm³/mol. The minimum Gasteiger partial charge on any atom is -0.370 e. The van der Waals surface area contributed by atoms with Crippen molar-refractivity contribution >= 4 is 17.0 Å². The van der Waals surface area contributed by atoms with Crippen molar-refractivity contribution in [3.05, 3.63) is 72.4 Å². The minimum absolute atomic E-state index is 0.0887. The molecule has 0 radical (unpaired) electrons. The van der Waals surface area contributed by atoms with Crippen molar-refractivity contribution in [2.45, 2.75) is 39.3 Å². The smallest absolute Gasteiger partial charge is 0.167 e. The minimum atomic E-state index is 0.0887. The highest BCUT2D eigenvalue weighted by Crippen LogP contribution is 2.33. The summed E-state index contributed by atoms with van der Waals surface area (Å²) in [5, 5.41) is 6.93. The SMILES string of the molecule is C=C1/C=C\C=C/CC(=O)c2cccc(NC(C)NCCCC)c2C1=C. The van der Waals surface area contributed by atoms with Crippen LogP contribution >= 0.6 is 0 Å². The van der Waals surface area contributed by atoms with Gasteiger partial charge in [0.25, 0.3) is 0 Å². The molecule has 0 amide bonds. The summed E-state index contributed by atoms with van der Waals surface area (Å²) in [5.41, 5.74) is 4.03. The average molecular weight is 336 g/mol. The molecule has 0 heterocycles. The first-order valence-electron chi connectivity index (χ1n) is 8.92. The Morgan fingerprint density at radius 1 is 1.24 bits per heavy atom. The molecule has 0 fully saturated rings. The first-order valence-corrected chi connectivity index (χ1v) is 8.92. The lowest BCUT2D eigenvalue weighted by Gasteiger charge is -2.22. The number of rotatable bonds is 6. The number of anilines is 1. The first-order chi connectivity index (χ1) is 12.0. The van der Waals surface area contributed by atoms with Gasteiger partial charge in [-0.3, -0.25) is 10.1 Å². The van der Waals surface area contributed by atoms with Crippen LogP contribution < -0.4 is 10.6 Å². The van der Waals surface area contributed by atoms with Gasteiger partial charge in [-0.25, -0.2) is 0 Å². The number of hydrogen-bond donors (Lipinski definition) is 2. The van der Waals surface area contributed by atoms with Crippen molar-refractivity contribution in [3.8, 4) is 0 Å². The molecule has 1 aromatic carbocycles.